The largest absolute Gasteiger partial charge is 0.253 e. The zero-order valence-corrected chi connectivity index (χ0v) is 12.9. The van der Waals surface area contributed by atoms with Crippen molar-refractivity contribution in [1.82, 2.24) is 4.31 Å². The number of benzene rings is 1. The lowest BCUT2D eigenvalue weighted by Gasteiger charge is -2.20. The summed E-state index contributed by atoms with van der Waals surface area (Å²) in [4.78, 5) is 0. The number of nitrogens with zero attached hydrogens (tertiary/aromatic N) is 2. The van der Waals surface area contributed by atoms with E-state index >= 15 is 0 Å². The summed E-state index contributed by atoms with van der Waals surface area (Å²) in [6, 6.07) is 12.3. The van der Waals surface area contributed by atoms with Gasteiger partial charge in [0, 0.05) is 13.1 Å². The van der Waals surface area contributed by atoms with Gasteiger partial charge in [-0.1, -0.05) is 24.3 Å². The molecule has 0 unspecified atom stereocenters. The quantitative estimate of drug-likeness (QED) is 0.769. The fourth-order valence-corrected chi connectivity index (χ4v) is 4.42. The molecule has 0 saturated carbocycles. The molecule has 2 aromatic rings. The van der Waals surface area contributed by atoms with Gasteiger partial charge in [-0.15, -0.1) is 17.9 Å². The molecule has 0 fully saturated rings. The van der Waals surface area contributed by atoms with Gasteiger partial charge in [-0.2, -0.15) is 9.57 Å². The summed E-state index contributed by atoms with van der Waals surface area (Å²) in [7, 11) is -3.54. The highest BCUT2D eigenvalue weighted by Gasteiger charge is 2.24. The fourth-order valence-electron chi connectivity index (χ4n) is 1.87. The van der Waals surface area contributed by atoms with Gasteiger partial charge in [0.25, 0.3) is 10.0 Å². The first-order chi connectivity index (χ1) is 10.1. The van der Waals surface area contributed by atoms with Crippen molar-refractivity contribution in [3.63, 3.8) is 0 Å². The predicted molar refractivity (Wildman–Crippen MR) is 83.3 cm³/mol. The Hall–Kier alpha value is -1.94. The summed E-state index contributed by atoms with van der Waals surface area (Å²) in [5.41, 5.74) is 1.29. The van der Waals surface area contributed by atoms with E-state index in [1.54, 1.807) is 47.9 Å². The van der Waals surface area contributed by atoms with E-state index in [2.05, 4.69) is 12.6 Å². The zero-order valence-electron chi connectivity index (χ0n) is 11.3. The first-order valence-corrected chi connectivity index (χ1v) is 8.53. The van der Waals surface area contributed by atoms with Crippen molar-refractivity contribution in [1.29, 1.82) is 5.26 Å². The van der Waals surface area contributed by atoms with Gasteiger partial charge in [0.1, 0.15) is 4.21 Å². The highest BCUT2D eigenvalue weighted by Crippen LogP contribution is 2.22. The maximum atomic E-state index is 12.6. The minimum Gasteiger partial charge on any atom is -0.206 e. The third-order valence-electron chi connectivity index (χ3n) is 2.84. The molecule has 0 aliphatic rings. The number of hydrogen-bond donors (Lipinski definition) is 0. The van der Waals surface area contributed by atoms with Crippen molar-refractivity contribution in [2.75, 3.05) is 6.54 Å². The summed E-state index contributed by atoms with van der Waals surface area (Å²) in [5, 5.41) is 10.6. The molecule has 0 N–H and O–H groups in total. The minimum absolute atomic E-state index is 0.210. The Morgan fingerprint density at radius 3 is 2.76 bits per heavy atom. The van der Waals surface area contributed by atoms with E-state index in [1.165, 1.54) is 15.6 Å². The van der Waals surface area contributed by atoms with Crippen molar-refractivity contribution in [2.45, 2.75) is 10.8 Å². The predicted octanol–water partition coefficient (Wildman–Crippen LogP) is 3.00. The molecule has 2 rings (SSSR count). The Morgan fingerprint density at radius 1 is 1.33 bits per heavy atom. The Kier molecular flexibility index (Phi) is 4.91. The summed E-state index contributed by atoms with van der Waals surface area (Å²) in [6.07, 6.45) is 1.55. The van der Waals surface area contributed by atoms with Crippen molar-refractivity contribution in [3.05, 3.63) is 65.6 Å². The van der Waals surface area contributed by atoms with Gasteiger partial charge in [-0.05, 0) is 29.1 Å². The van der Waals surface area contributed by atoms with Gasteiger partial charge in [-0.25, -0.2) is 8.42 Å². The molecule has 0 aliphatic carbocycles. The Balaban J connectivity index is 2.32. The highest BCUT2D eigenvalue weighted by molar-refractivity contribution is 7.91. The topological polar surface area (TPSA) is 61.2 Å². The van der Waals surface area contributed by atoms with Crippen LogP contribution in [0.4, 0.5) is 0 Å². The second-order valence-corrected chi connectivity index (χ2v) is 7.44. The molecule has 0 bridgehead atoms. The minimum atomic E-state index is -3.54. The normalized spacial score (nSPS) is 11.2. The highest BCUT2D eigenvalue weighted by atomic mass is 32.2. The van der Waals surface area contributed by atoms with Crippen LogP contribution in [0.1, 0.15) is 11.1 Å². The molecule has 0 spiro atoms. The summed E-state index contributed by atoms with van der Waals surface area (Å²) >= 11 is 1.19. The van der Waals surface area contributed by atoms with Gasteiger partial charge in [0.15, 0.2) is 0 Å². The number of nitriles is 1. The third-order valence-corrected chi connectivity index (χ3v) is 6.02. The number of sulfonamides is 1. The van der Waals surface area contributed by atoms with Gasteiger partial charge >= 0.3 is 0 Å². The first-order valence-electron chi connectivity index (χ1n) is 6.21. The van der Waals surface area contributed by atoms with Crippen molar-refractivity contribution in [2.24, 2.45) is 0 Å². The lowest BCUT2D eigenvalue weighted by atomic mass is 10.1. The van der Waals surface area contributed by atoms with Crippen LogP contribution in [-0.4, -0.2) is 19.3 Å². The van der Waals surface area contributed by atoms with Crippen LogP contribution in [0.25, 0.3) is 0 Å². The van der Waals surface area contributed by atoms with Crippen molar-refractivity contribution >= 4 is 21.4 Å². The molecule has 4 nitrogen and oxygen atoms in total. The molecule has 0 aliphatic heterocycles. The molecular formula is C15H14N2O2S2. The third kappa shape index (κ3) is 3.58. The second kappa shape index (κ2) is 6.68. The van der Waals surface area contributed by atoms with Gasteiger partial charge < -0.3 is 0 Å². The van der Waals surface area contributed by atoms with E-state index < -0.39 is 10.0 Å². The monoisotopic (exact) mass is 318 g/mol. The average Bonchev–Trinajstić information content (AvgIpc) is 3.02. The van der Waals surface area contributed by atoms with E-state index in [0.29, 0.717) is 9.77 Å². The smallest absolute Gasteiger partial charge is 0.206 e. The van der Waals surface area contributed by atoms with Crippen LogP contribution in [0.15, 0.2) is 58.6 Å². The maximum absolute atomic E-state index is 12.6. The lowest BCUT2D eigenvalue weighted by Crippen LogP contribution is -2.30. The summed E-state index contributed by atoms with van der Waals surface area (Å²) in [5.74, 6) is 0. The molecule has 0 amide bonds. The van der Waals surface area contributed by atoms with Crippen LogP contribution in [0.3, 0.4) is 0 Å². The number of rotatable bonds is 6. The van der Waals surface area contributed by atoms with Gasteiger partial charge in [0.2, 0.25) is 0 Å². The summed E-state index contributed by atoms with van der Waals surface area (Å²) in [6.45, 7) is 4.04. The van der Waals surface area contributed by atoms with Crippen molar-refractivity contribution in [3.8, 4) is 6.07 Å². The zero-order chi connectivity index (χ0) is 15.3. The standard InChI is InChI=1S/C15H14N2O2S2/c1-2-8-17(21(18,19)15-7-4-9-20-15)12-14-6-3-5-13(10-14)11-16/h2-7,9-10H,1,8,12H2. The van der Waals surface area contributed by atoms with Crippen LogP contribution in [0.2, 0.25) is 0 Å². The average molecular weight is 318 g/mol. The van der Waals surface area contributed by atoms with Gasteiger partial charge in [0.05, 0.1) is 11.6 Å². The van der Waals surface area contributed by atoms with Crippen LogP contribution >= 0.6 is 11.3 Å². The van der Waals surface area contributed by atoms with Crippen molar-refractivity contribution < 1.29 is 8.42 Å². The molecule has 6 heteroatoms. The molecule has 0 radical (unpaired) electrons. The second-order valence-electron chi connectivity index (χ2n) is 4.33. The van der Waals surface area contributed by atoms with Crippen LogP contribution < -0.4 is 0 Å². The van der Waals surface area contributed by atoms with Crippen LogP contribution in [-0.2, 0) is 16.6 Å². The fraction of sp³-hybridized carbons (Fsp3) is 0.133. The lowest BCUT2D eigenvalue weighted by molar-refractivity contribution is 0.440. The molecule has 1 aromatic carbocycles. The maximum Gasteiger partial charge on any atom is 0.253 e. The Labute approximate surface area is 128 Å². The molecule has 1 aromatic heterocycles. The van der Waals surface area contributed by atoms with E-state index in [-0.39, 0.29) is 13.1 Å². The molecule has 1 heterocycles. The SMILES string of the molecule is C=CCN(Cc1cccc(C#N)c1)S(=O)(=O)c1cccs1. The van der Waals surface area contributed by atoms with E-state index in [4.69, 9.17) is 5.26 Å². The molecule has 21 heavy (non-hydrogen) atoms. The van der Waals surface area contributed by atoms with Crippen LogP contribution in [0, 0.1) is 11.3 Å². The molecule has 108 valence electrons. The van der Waals surface area contributed by atoms with E-state index in [9.17, 15) is 8.42 Å². The molecular weight excluding hydrogens is 304 g/mol. The van der Waals surface area contributed by atoms with E-state index in [0.717, 1.165) is 5.56 Å². The van der Waals surface area contributed by atoms with Crippen LogP contribution in [0.5, 0.6) is 0 Å². The summed E-state index contributed by atoms with van der Waals surface area (Å²) < 4.78 is 26.8. The Bertz CT molecular complexity index is 759. The van der Waals surface area contributed by atoms with E-state index in [1.807, 2.05) is 0 Å². The number of hydrogen-bond acceptors (Lipinski definition) is 4. The molecule has 0 atom stereocenters. The molecule has 0 saturated heterocycles. The van der Waals surface area contributed by atoms with Gasteiger partial charge in [-0.3, -0.25) is 0 Å². The number of thiophene rings is 1. The first kappa shape index (κ1) is 15.4. The Morgan fingerprint density at radius 2 is 2.14 bits per heavy atom.